The lowest BCUT2D eigenvalue weighted by atomic mass is 11.2. The fraction of sp³-hybridized carbons (Fsp3) is 0.500. The van der Waals surface area contributed by atoms with Crippen molar-refractivity contribution in [3.05, 3.63) is 0 Å². The van der Waals surface area contributed by atoms with Crippen molar-refractivity contribution in [2.24, 2.45) is 4.40 Å². The van der Waals surface area contributed by atoms with Crippen molar-refractivity contribution in [1.82, 2.24) is 5.32 Å². The summed E-state index contributed by atoms with van der Waals surface area (Å²) in [6.07, 6.45) is 5.80. The number of nitrogens with zero attached hydrogens (tertiary/aromatic N) is 1. The molecule has 0 aliphatic carbocycles. The molecule has 8 heavy (non-hydrogen) atoms. The summed E-state index contributed by atoms with van der Waals surface area (Å²) < 4.78 is 5.04. The second-order valence-corrected chi connectivity index (χ2v) is 5.77. The van der Waals surface area contributed by atoms with E-state index in [0.717, 1.165) is 4.32 Å². The van der Waals surface area contributed by atoms with Crippen LogP contribution >= 0.6 is 22.4 Å². The Balaban J connectivity index is 2.82. The van der Waals surface area contributed by atoms with Crippen LogP contribution in [0.3, 0.4) is 0 Å². The fourth-order valence-corrected chi connectivity index (χ4v) is 1.34. The minimum absolute atomic E-state index is 0.887. The Labute approximate surface area is 55.8 Å². The van der Waals surface area contributed by atoms with E-state index >= 15 is 0 Å². The normalized spacial score (nSPS) is 27.5. The van der Waals surface area contributed by atoms with Crippen molar-refractivity contribution in [2.45, 2.75) is 0 Å². The molecule has 0 aromatic rings. The largest absolute Gasteiger partial charge is 0.331 e. The van der Waals surface area contributed by atoms with Crippen molar-refractivity contribution in [2.75, 3.05) is 12.5 Å². The van der Waals surface area contributed by atoms with E-state index < -0.39 is 10.2 Å². The highest BCUT2D eigenvalue weighted by molar-refractivity contribution is 8.48. The van der Waals surface area contributed by atoms with E-state index in [4.69, 9.17) is 12.2 Å². The zero-order chi connectivity index (χ0) is 6.20. The number of nitrogens with one attached hydrogen (secondary N) is 1. The van der Waals surface area contributed by atoms with Gasteiger partial charge in [-0.2, -0.15) is 0 Å². The van der Waals surface area contributed by atoms with Gasteiger partial charge < -0.3 is 5.32 Å². The number of thiocarbonyl (C=S) groups is 1. The van der Waals surface area contributed by atoms with E-state index in [9.17, 15) is 0 Å². The summed E-state index contributed by atoms with van der Waals surface area (Å²) in [5.41, 5.74) is 0. The van der Waals surface area contributed by atoms with Crippen LogP contribution in [0.25, 0.3) is 0 Å². The van der Waals surface area contributed by atoms with Crippen LogP contribution in [0.4, 0.5) is 0 Å². The molecule has 1 rings (SSSR count). The minimum atomic E-state index is -0.935. The molecule has 2 nitrogen and oxygen atoms in total. The predicted octanol–water partition coefficient (Wildman–Crippen LogP) is 0.882. The van der Waals surface area contributed by atoms with Gasteiger partial charge in [0.1, 0.15) is 10.7 Å². The van der Waals surface area contributed by atoms with Gasteiger partial charge in [-0.25, -0.2) is 4.40 Å². The van der Waals surface area contributed by atoms with Crippen LogP contribution in [-0.2, 0) is 0 Å². The lowest BCUT2D eigenvalue weighted by molar-refractivity contribution is 1.54. The molecule has 0 atom stereocenters. The molecule has 0 bridgehead atoms. The van der Waals surface area contributed by atoms with Gasteiger partial charge in [0.25, 0.3) is 0 Å². The summed E-state index contributed by atoms with van der Waals surface area (Å²) >= 11 is 4.96. The van der Waals surface area contributed by atoms with E-state index in [2.05, 4.69) is 22.2 Å². The molecule has 1 aliphatic rings. The molecule has 4 heteroatoms. The average molecular weight is 148 g/mol. The SMILES string of the molecule is CS1(C)N=CNC1=S. The topological polar surface area (TPSA) is 24.4 Å². The van der Waals surface area contributed by atoms with E-state index in [0.29, 0.717) is 0 Å². The van der Waals surface area contributed by atoms with E-state index in [-0.39, 0.29) is 0 Å². The lowest BCUT2D eigenvalue weighted by Crippen LogP contribution is -2.15. The van der Waals surface area contributed by atoms with Crippen molar-refractivity contribution >= 4 is 33.1 Å². The van der Waals surface area contributed by atoms with Gasteiger partial charge >= 0.3 is 0 Å². The van der Waals surface area contributed by atoms with Crippen molar-refractivity contribution in [1.29, 1.82) is 0 Å². The molecule has 0 unspecified atom stereocenters. The first-order valence-electron chi connectivity index (χ1n) is 2.20. The Kier molecular flexibility index (Phi) is 1.28. The van der Waals surface area contributed by atoms with Gasteiger partial charge in [-0.15, -0.1) is 0 Å². The van der Waals surface area contributed by atoms with Crippen LogP contribution < -0.4 is 5.32 Å². The van der Waals surface area contributed by atoms with Crippen molar-refractivity contribution < 1.29 is 0 Å². The highest BCUT2D eigenvalue weighted by Crippen LogP contribution is 2.43. The van der Waals surface area contributed by atoms with E-state index in [1.165, 1.54) is 0 Å². The highest BCUT2D eigenvalue weighted by atomic mass is 32.3. The molecule has 0 amide bonds. The summed E-state index contributed by atoms with van der Waals surface area (Å²) in [6, 6.07) is 0. The third kappa shape index (κ3) is 0.855. The van der Waals surface area contributed by atoms with Gasteiger partial charge in [0.2, 0.25) is 0 Å². The average Bonchev–Trinajstić information content (AvgIpc) is 1.86. The highest BCUT2D eigenvalue weighted by Gasteiger charge is 2.18. The molecule has 0 saturated carbocycles. The number of hydrogen-bond donors (Lipinski definition) is 1. The molecule has 1 aliphatic heterocycles. The quantitative estimate of drug-likeness (QED) is 0.516. The van der Waals surface area contributed by atoms with Gasteiger partial charge in [0, 0.05) is 0 Å². The predicted molar refractivity (Wildman–Crippen MR) is 43.7 cm³/mol. The molecule has 0 aromatic heterocycles. The van der Waals surface area contributed by atoms with E-state index in [1.54, 1.807) is 6.34 Å². The van der Waals surface area contributed by atoms with Crippen molar-refractivity contribution in [3.63, 3.8) is 0 Å². The van der Waals surface area contributed by atoms with Crippen LogP contribution in [0.2, 0.25) is 0 Å². The van der Waals surface area contributed by atoms with Gasteiger partial charge in [0.05, 0.1) is 0 Å². The van der Waals surface area contributed by atoms with Crippen LogP contribution in [-0.4, -0.2) is 23.2 Å². The van der Waals surface area contributed by atoms with Gasteiger partial charge in [-0.05, 0) is 12.5 Å². The standard InChI is InChI=1S/C4H8N2S2/c1-8(2)4(7)5-3-6-8/h3H,1-2H3,(H,5,6,7). The zero-order valence-electron chi connectivity index (χ0n) is 4.84. The molecular weight excluding hydrogens is 140 g/mol. The third-order valence-corrected chi connectivity index (χ3v) is 3.95. The van der Waals surface area contributed by atoms with Crippen LogP contribution in [0.15, 0.2) is 4.40 Å². The van der Waals surface area contributed by atoms with Gasteiger partial charge in [-0.1, -0.05) is 22.4 Å². The maximum atomic E-state index is 4.96. The summed E-state index contributed by atoms with van der Waals surface area (Å²) in [5.74, 6) is 0. The second kappa shape index (κ2) is 1.70. The smallest absolute Gasteiger partial charge is 0.139 e. The molecule has 0 aromatic carbocycles. The Morgan fingerprint density at radius 3 is 2.50 bits per heavy atom. The molecule has 46 valence electrons. The summed E-state index contributed by atoms with van der Waals surface area (Å²) in [6.45, 7) is 0. The Morgan fingerprint density at radius 1 is 1.75 bits per heavy atom. The summed E-state index contributed by atoms with van der Waals surface area (Å²) in [4.78, 5) is 0. The van der Waals surface area contributed by atoms with Gasteiger partial charge in [-0.3, -0.25) is 0 Å². The molecule has 1 N–H and O–H groups in total. The maximum Gasteiger partial charge on any atom is 0.139 e. The Morgan fingerprint density at radius 2 is 2.38 bits per heavy atom. The molecule has 0 radical (unpaired) electrons. The zero-order valence-corrected chi connectivity index (χ0v) is 6.47. The number of rotatable bonds is 0. The number of hydrogen-bond acceptors (Lipinski definition) is 2. The first kappa shape index (κ1) is 6.04. The Bertz CT molecular complexity index is 150. The second-order valence-electron chi connectivity index (χ2n) is 1.94. The van der Waals surface area contributed by atoms with Gasteiger partial charge in [0.15, 0.2) is 0 Å². The van der Waals surface area contributed by atoms with E-state index in [1.807, 2.05) is 0 Å². The molecule has 0 saturated heterocycles. The third-order valence-electron chi connectivity index (χ3n) is 0.952. The van der Waals surface area contributed by atoms with Crippen LogP contribution in [0.1, 0.15) is 0 Å². The lowest BCUT2D eigenvalue weighted by Gasteiger charge is -2.18. The monoisotopic (exact) mass is 148 g/mol. The van der Waals surface area contributed by atoms with Crippen LogP contribution in [0, 0.1) is 0 Å². The fourth-order valence-electron chi connectivity index (χ4n) is 0.403. The molecule has 0 fully saturated rings. The first-order chi connectivity index (χ1) is 3.63. The van der Waals surface area contributed by atoms with Crippen LogP contribution in [0.5, 0.6) is 0 Å². The minimum Gasteiger partial charge on any atom is -0.331 e. The Hall–Kier alpha value is -0.0900. The van der Waals surface area contributed by atoms with Crippen molar-refractivity contribution in [3.8, 4) is 0 Å². The maximum absolute atomic E-state index is 4.96. The molecule has 0 spiro atoms. The molecule has 1 heterocycles. The summed E-state index contributed by atoms with van der Waals surface area (Å²) in [5, 5.41) is 2.89. The first-order valence-corrected chi connectivity index (χ1v) is 5.02. The summed E-state index contributed by atoms with van der Waals surface area (Å²) in [7, 11) is -0.935. The molecular formula is C4H8N2S2.